The summed E-state index contributed by atoms with van der Waals surface area (Å²) >= 11 is 0. The van der Waals surface area contributed by atoms with E-state index in [0.717, 1.165) is 19.4 Å². The van der Waals surface area contributed by atoms with E-state index < -0.39 is 0 Å². The summed E-state index contributed by atoms with van der Waals surface area (Å²) in [6, 6.07) is 0. The Kier molecular flexibility index (Phi) is 8.40. The van der Waals surface area contributed by atoms with Gasteiger partial charge in [-0.3, -0.25) is 5.28 Å². The third-order valence-corrected chi connectivity index (χ3v) is 2.09. The highest BCUT2D eigenvalue weighted by atomic mass is 16.6. The van der Waals surface area contributed by atoms with Crippen LogP contribution in [-0.4, -0.2) is 37.5 Å². The number of rotatable bonds is 9. The first kappa shape index (κ1) is 13.3. The topological polar surface area (TPSA) is 75.6 Å². The van der Waals surface area contributed by atoms with Crippen molar-refractivity contribution >= 4 is 0 Å². The number of hydrogen-bond donors (Lipinski definition) is 1. The predicted molar refractivity (Wildman–Crippen MR) is 54.8 cm³/mol. The SMILES string of the molecule is C[NH2+]CCCCCCN(C)N([O-])N=O. The van der Waals surface area contributed by atoms with Crippen molar-refractivity contribution in [2.45, 2.75) is 25.7 Å². The molecule has 0 rings (SSSR count). The van der Waals surface area contributed by atoms with Crippen molar-refractivity contribution in [3.63, 3.8) is 0 Å². The number of unbranched alkanes of at least 4 members (excludes halogenated alkanes) is 3. The molecule has 0 saturated carbocycles. The molecule has 0 aromatic rings. The lowest BCUT2D eigenvalue weighted by Gasteiger charge is -2.30. The highest BCUT2D eigenvalue weighted by Gasteiger charge is 1.99. The van der Waals surface area contributed by atoms with Gasteiger partial charge in [0.1, 0.15) is 0 Å². The van der Waals surface area contributed by atoms with Crippen LogP contribution in [0, 0.1) is 10.1 Å². The number of hydrazine groups is 1. The van der Waals surface area contributed by atoms with Crippen LogP contribution in [0.3, 0.4) is 0 Å². The molecule has 0 aromatic heterocycles. The van der Waals surface area contributed by atoms with Gasteiger partial charge in [0.2, 0.25) is 0 Å². The van der Waals surface area contributed by atoms with Crippen molar-refractivity contribution in [1.29, 1.82) is 0 Å². The van der Waals surface area contributed by atoms with E-state index in [2.05, 4.69) is 17.7 Å². The summed E-state index contributed by atoms with van der Waals surface area (Å²) in [5.41, 5.74) is 0. The number of nitrogens with two attached hydrogens (primary N) is 1. The second-order valence-electron chi connectivity index (χ2n) is 3.33. The Bertz CT molecular complexity index is 145. The van der Waals surface area contributed by atoms with Gasteiger partial charge in [-0.2, -0.15) is 0 Å². The van der Waals surface area contributed by atoms with Crippen molar-refractivity contribution in [2.24, 2.45) is 5.29 Å². The van der Waals surface area contributed by atoms with Crippen molar-refractivity contribution in [1.82, 2.24) is 10.3 Å². The van der Waals surface area contributed by atoms with Crippen molar-refractivity contribution < 1.29 is 5.32 Å². The maximum Gasteiger partial charge on any atom is 0.0753 e. The van der Waals surface area contributed by atoms with Crippen molar-refractivity contribution in [2.75, 3.05) is 27.2 Å². The number of hydrogen-bond acceptors (Lipinski definition) is 4. The molecule has 0 amide bonds. The average Bonchev–Trinajstić information content (AvgIpc) is 2.21. The van der Waals surface area contributed by atoms with E-state index in [1.54, 1.807) is 7.05 Å². The highest BCUT2D eigenvalue weighted by Crippen LogP contribution is 2.01. The molecule has 0 atom stereocenters. The van der Waals surface area contributed by atoms with Crippen LogP contribution >= 0.6 is 0 Å². The van der Waals surface area contributed by atoms with Crippen LogP contribution < -0.4 is 5.32 Å². The van der Waals surface area contributed by atoms with Crippen LogP contribution in [-0.2, 0) is 0 Å². The molecule has 0 radical (unpaired) electrons. The number of quaternary nitrogens is 1. The van der Waals surface area contributed by atoms with Crippen LogP contribution in [0.25, 0.3) is 0 Å². The van der Waals surface area contributed by atoms with Crippen LogP contribution in [0.4, 0.5) is 0 Å². The van der Waals surface area contributed by atoms with Crippen LogP contribution in [0.15, 0.2) is 5.29 Å². The van der Waals surface area contributed by atoms with E-state index in [1.807, 2.05) is 0 Å². The summed E-state index contributed by atoms with van der Waals surface area (Å²) in [7, 11) is 3.62. The van der Waals surface area contributed by atoms with Gasteiger partial charge in [-0.15, -0.1) is 4.91 Å². The summed E-state index contributed by atoms with van der Waals surface area (Å²) in [5, 5.41) is 16.4. The average molecular weight is 204 g/mol. The summed E-state index contributed by atoms with van der Waals surface area (Å²) in [4.78, 5) is 9.84. The van der Waals surface area contributed by atoms with Crippen LogP contribution in [0.1, 0.15) is 25.7 Å². The Morgan fingerprint density at radius 1 is 1.29 bits per heavy atom. The van der Waals surface area contributed by atoms with Gasteiger partial charge >= 0.3 is 0 Å². The Labute approximate surface area is 84.7 Å². The Morgan fingerprint density at radius 2 is 1.93 bits per heavy atom. The first-order valence-corrected chi connectivity index (χ1v) is 5.01. The molecule has 2 N–H and O–H groups in total. The van der Waals surface area contributed by atoms with E-state index in [4.69, 9.17) is 0 Å². The molecule has 0 aliphatic carbocycles. The molecule has 0 aromatic carbocycles. The van der Waals surface area contributed by atoms with E-state index in [0.29, 0.717) is 6.54 Å². The molecule has 0 saturated heterocycles. The molecule has 0 bridgehead atoms. The maximum atomic E-state index is 10.6. The zero-order valence-electron chi connectivity index (χ0n) is 8.98. The summed E-state index contributed by atoms with van der Waals surface area (Å²) in [6.07, 6.45) is 4.39. The maximum absolute atomic E-state index is 10.6. The number of nitrogens with zero attached hydrogens (tertiary/aromatic N) is 3. The fourth-order valence-corrected chi connectivity index (χ4v) is 1.19. The largest absolute Gasteiger partial charge is 0.724 e. The molecule has 0 unspecified atom stereocenters. The summed E-state index contributed by atoms with van der Waals surface area (Å²) in [5.74, 6) is 0. The molecule has 0 aliphatic rings. The molecule has 0 aliphatic heterocycles. The quantitative estimate of drug-likeness (QED) is 0.327. The molecular formula is C8H20N4O2. The minimum atomic E-state index is 0.0832. The standard InChI is InChI=1S/C8H19N4O2/c1-9-7-5-3-4-6-8-11(2)12(14)10-13/h9H,3-8H2,1-2H3/q-1/p+1. The molecule has 0 heterocycles. The molecule has 0 fully saturated rings. The van der Waals surface area contributed by atoms with Gasteiger partial charge in [0, 0.05) is 13.6 Å². The first-order chi connectivity index (χ1) is 6.72. The summed E-state index contributed by atoms with van der Waals surface area (Å²) in [6.45, 7) is 1.74. The van der Waals surface area contributed by atoms with E-state index in [9.17, 15) is 10.1 Å². The van der Waals surface area contributed by atoms with E-state index in [1.165, 1.54) is 17.9 Å². The second-order valence-corrected chi connectivity index (χ2v) is 3.33. The fourth-order valence-electron chi connectivity index (χ4n) is 1.19. The minimum absolute atomic E-state index is 0.0832. The lowest BCUT2D eigenvalue weighted by atomic mass is 10.2. The Hall–Kier alpha value is -0.720. The van der Waals surface area contributed by atoms with Gasteiger partial charge < -0.3 is 10.5 Å². The second kappa shape index (κ2) is 8.86. The van der Waals surface area contributed by atoms with Gasteiger partial charge in [0.05, 0.1) is 18.9 Å². The summed E-state index contributed by atoms with van der Waals surface area (Å²) < 4.78 is 0. The smallest absolute Gasteiger partial charge is 0.0753 e. The van der Waals surface area contributed by atoms with E-state index in [-0.39, 0.29) is 5.28 Å². The Morgan fingerprint density at radius 3 is 2.50 bits per heavy atom. The molecule has 0 spiro atoms. The van der Waals surface area contributed by atoms with Gasteiger partial charge in [0.25, 0.3) is 0 Å². The Balaban J connectivity index is 3.22. The third kappa shape index (κ3) is 6.76. The fraction of sp³-hybridized carbons (Fsp3) is 1.00. The lowest BCUT2D eigenvalue weighted by Crippen LogP contribution is -2.79. The third-order valence-electron chi connectivity index (χ3n) is 2.09. The molecular weight excluding hydrogens is 184 g/mol. The van der Waals surface area contributed by atoms with Crippen molar-refractivity contribution in [3.8, 4) is 0 Å². The molecule has 6 heteroatoms. The van der Waals surface area contributed by atoms with Crippen LogP contribution in [0.5, 0.6) is 0 Å². The minimum Gasteiger partial charge on any atom is -0.724 e. The monoisotopic (exact) mass is 204 g/mol. The highest BCUT2D eigenvalue weighted by molar-refractivity contribution is 4.49. The van der Waals surface area contributed by atoms with Gasteiger partial charge in [0.15, 0.2) is 0 Å². The predicted octanol–water partition coefficient (Wildman–Crippen LogP) is 0.0680. The van der Waals surface area contributed by atoms with E-state index >= 15 is 0 Å². The zero-order valence-corrected chi connectivity index (χ0v) is 8.98. The van der Waals surface area contributed by atoms with Gasteiger partial charge in [-0.05, 0) is 19.3 Å². The lowest BCUT2D eigenvalue weighted by molar-refractivity contribution is -0.627. The first-order valence-electron chi connectivity index (χ1n) is 5.01. The van der Waals surface area contributed by atoms with Gasteiger partial charge in [-0.1, -0.05) is 6.42 Å². The molecule has 14 heavy (non-hydrogen) atoms. The zero-order chi connectivity index (χ0) is 10.8. The van der Waals surface area contributed by atoms with Crippen molar-refractivity contribution in [3.05, 3.63) is 10.1 Å². The number of nitroso groups, excluding NO2 is 1. The van der Waals surface area contributed by atoms with Gasteiger partial charge in [-0.25, -0.2) is 5.01 Å². The molecule has 84 valence electrons. The normalized spacial score (nSPS) is 10.6. The van der Waals surface area contributed by atoms with Crippen LogP contribution in [0.2, 0.25) is 0 Å². The molecule has 6 nitrogen and oxygen atoms in total.